The van der Waals surface area contributed by atoms with E-state index in [0.29, 0.717) is 11.1 Å². The largest absolute Gasteiger partial charge is 0.509 e. The van der Waals surface area contributed by atoms with Crippen LogP contribution in [-0.4, -0.2) is 87.1 Å². The molecule has 0 bridgehead atoms. The van der Waals surface area contributed by atoms with Crippen molar-refractivity contribution in [1.82, 2.24) is 4.90 Å². The Morgan fingerprint density at radius 3 is 2.16 bits per heavy atom. The summed E-state index contributed by atoms with van der Waals surface area (Å²) in [6, 6.07) is 20.0. The number of anilines is 3. The number of para-hydroxylation sites is 1. The summed E-state index contributed by atoms with van der Waals surface area (Å²) in [7, 11) is 2.61. The molecule has 0 unspecified atom stereocenters. The number of primary amides is 1. The van der Waals surface area contributed by atoms with Crippen molar-refractivity contribution in [2.24, 2.45) is 28.3 Å². The first-order valence-corrected chi connectivity index (χ1v) is 17.6. The molecule has 0 aliphatic heterocycles. The molecule has 4 amide bonds. The summed E-state index contributed by atoms with van der Waals surface area (Å²) < 4.78 is 5.93. The first kappa shape index (κ1) is 39.0. The van der Waals surface area contributed by atoms with Crippen LogP contribution in [0.4, 0.5) is 26.7 Å². The van der Waals surface area contributed by atoms with Crippen LogP contribution in [0.1, 0.15) is 17.2 Å². The van der Waals surface area contributed by atoms with Crippen molar-refractivity contribution < 1.29 is 44.0 Å². The van der Waals surface area contributed by atoms with Crippen molar-refractivity contribution in [2.75, 3.05) is 30.0 Å². The standard InChI is InChI=1S/C40H37N9O9/c1-49(2)31-29(52)25(34(43)55)32(53)38(17-41)33(54)26-28(51)24-21(30(42)39(26,44)35(40(31,38)45)58-37(57)46-19-11-4-3-5-12-19)15-16-23(27(24)50)48-36(56)47-22-14-8-10-18-9-6-7-13-20(18)22/h3-16,30-31,35,50-51,53H,42,44-45H2,1-2H3,(H2,43,55)(H,46,57)(H2,47,48,56)/t30-,31+,35-,38-,39+,40-/m0/s1. The molecule has 0 heterocycles. The number of carbonyl (C=O) groups is 5. The summed E-state index contributed by atoms with van der Waals surface area (Å²) in [4.78, 5) is 70.2. The third-order valence-corrected chi connectivity index (χ3v) is 11.1. The number of carbonyl (C=O) groups excluding carboxylic acids is 5. The van der Waals surface area contributed by atoms with Gasteiger partial charge < -0.3 is 53.6 Å². The zero-order valence-electron chi connectivity index (χ0n) is 30.8. The van der Waals surface area contributed by atoms with Crippen LogP contribution in [0, 0.1) is 16.7 Å². The van der Waals surface area contributed by atoms with Gasteiger partial charge in [-0.05, 0) is 49.3 Å². The number of rotatable bonds is 6. The van der Waals surface area contributed by atoms with Crippen molar-refractivity contribution in [3.63, 3.8) is 0 Å². The molecule has 14 N–H and O–H groups in total. The third kappa shape index (κ3) is 5.29. The number of hydrogen-bond acceptors (Lipinski definition) is 14. The molecule has 18 heteroatoms. The predicted octanol–water partition coefficient (Wildman–Crippen LogP) is 2.39. The molecule has 0 spiro atoms. The quantitative estimate of drug-likeness (QED) is 0.0991. The molecule has 296 valence electrons. The van der Waals surface area contributed by atoms with Crippen LogP contribution >= 0.6 is 0 Å². The number of nitrogens with zero attached hydrogens (tertiary/aromatic N) is 2. The molecule has 3 aliphatic carbocycles. The second-order valence-electron chi connectivity index (χ2n) is 14.4. The van der Waals surface area contributed by atoms with E-state index in [1.54, 1.807) is 48.5 Å². The number of aliphatic hydroxyl groups is 2. The second kappa shape index (κ2) is 13.7. The Kier molecular flexibility index (Phi) is 9.21. The minimum absolute atomic E-state index is 0.152. The molecule has 18 nitrogen and oxygen atoms in total. The van der Waals surface area contributed by atoms with Gasteiger partial charge in [0.1, 0.15) is 33.9 Å². The minimum Gasteiger partial charge on any atom is -0.509 e. The van der Waals surface area contributed by atoms with Gasteiger partial charge in [-0.3, -0.25) is 24.6 Å². The van der Waals surface area contributed by atoms with E-state index in [-0.39, 0.29) is 16.9 Å². The number of aliphatic hydroxyl groups excluding tert-OH is 2. The summed E-state index contributed by atoms with van der Waals surface area (Å²) in [5.41, 5.74) is 15.4. The van der Waals surface area contributed by atoms with Crippen LogP contribution in [0.2, 0.25) is 0 Å². The van der Waals surface area contributed by atoms with Gasteiger partial charge in [-0.1, -0.05) is 60.7 Å². The summed E-state index contributed by atoms with van der Waals surface area (Å²) in [5.74, 6) is -7.72. The maximum atomic E-state index is 15.1. The molecular weight excluding hydrogens is 750 g/mol. The molecule has 0 saturated heterocycles. The molecule has 6 atom stereocenters. The Morgan fingerprint density at radius 2 is 1.50 bits per heavy atom. The number of fused-ring (bicyclic) bond motifs is 4. The molecule has 7 rings (SSSR count). The number of phenols is 1. The number of Topliss-reactive ketones (excluding diaryl/α,β-unsaturated/α-hetero) is 2. The van der Waals surface area contributed by atoms with E-state index in [4.69, 9.17) is 27.7 Å². The van der Waals surface area contributed by atoms with Crippen LogP contribution < -0.4 is 38.9 Å². The van der Waals surface area contributed by atoms with E-state index < -0.39 is 98.3 Å². The number of amides is 4. The molecule has 1 saturated carbocycles. The van der Waals surface area contributed by atoms with E-state index in [1.807, 2.05) is 18.2 Å². The maximum absolute atomic E-state index is 15.1. The summed E-state index contributed by atoms with van der Waals surface area (Å²) >= 11 is 0. The normalized spacial score (nSPS) is 26.3. The Morgan fingerprint density at radius 1 is 0.862 bits per heavy atom. The lowest BCUT2D eigenvalue weighted by Crippen LogP contribution is -2.88. The van der Waals surface area contributed by atoms with E-state index in [2.05, 4.69) is 16.0 Å². The fourth-order valence-corrected chi connectivity index (χ4v) is 8.53. The number of ether oxygens (including phenoxy) is 1. The summed E-state index contributed by atoms with van der Waals surface area (Å²) in [6.45, 7) is 0. The van der Waals surface area contributed by atoms with Crippen molar-refractivity contribution in [2.45, 2.75) is 29.3 Å². The number of ketones is 2. The molecule has 3 aliphatic rings. The zero-order chi connectivity index (χ0) is 42.1. The van der Waals surface area contributed by atoms with Gasteiger partial charge in [0.05, 0.1) is 40.7 Å². The smallest absolute Gasteiger partial charge is 0.412 e. The summed E-state index contributed by atoms with van der Waals surface area (Å²) in [5, 5.41) is 55.8. The number of phenolic OH excluding ortho intramolecular Hbond substituents is 1. The van der Waals surface area contributed by atoms with Gasteiger partial charge in [0, 0.05) is 11.1 Å². The number of nitriles is 1. The van der Waals surface area contributed by atoms with E-state index >= 15 is 4.79 Å². The lowest BCUT2D eigenvalue weighted by molar-refractivity contribution is -0.152. The average Bonchev–Trinajstić information content (AvgIpc) is 3.17. The van der Waals surface area contributed by atoms with Gasteiger partial charge >= 0.3 is 12.1 Å². The van der Waals surface area contributed by atoms with Crippen molar-refractivity contribution in [3.05, 3.63) is 113 Å². The second-order valence-corrected chi connectivity index (χ2v) is 14.4. The van der Waals surface area contributed by atoms with Gasteiger partial charge in [-0.15, -0.1) is 0 Å². The van der Waals surface area contributed by atoms with Gasteiger partial charge in [0.25, 0.3) is 5.91 Å². The monoisotopic (exact) mass is 787 g/mol. The molecule has 1 fully saturated rings. The molecule has 58 heavy (non-hydrogen) atoms. The topological polar surface area (TPSA) is 322 Å². The average molecular weight is 788 g/mol. The fourth-order valence-electron chi connectivity index (χ4n) is 8.53. The molecule has 4 aromatic carbocycles. The number of nitrogens with two attached hydrogens (primary N) is 4. The summed E-state index contributed by atoms with van der Waals surface area (Å²) in [6.07, 6.45) is -3.56. The Labute approximate surface area is 329 Å². The van der Waals surface area contributed by atoms with Crippen LogP contribution in [0.15, 0.2) is 102 Å². The minimum atomic E-state index is -3.23. The SMILES string of the molecule is CN(C)[C@@H]1C(=O)C(C(N)=O)=C(O)[C@@]2(C#N)C(=O)C3=C(O)c4c(ccc(NC(=O)Nc5cccc6ccccc56)c4O)[C@H](N)[C@@]3(N)[C@H](OC(=O)Nc3ccccc3)[C@@]12N. The Bertz CT molecular complexity index is 2580. The van der Waals surface area contributed by atoms with Crippen molar-refractivity contribution in [1.29, 1.82) is 5.26 Å². The van der Waals surface area contributed by atoms with Gasteiger partial charge in [-0.25, -0.2) is 9.59 Å². The van der Waals surface area contributed by atoms with Gasteiger partial charge in [0.15, 0.2) is 17.7 Å². The molecule has 4 aromatic rings. The van der Waals surface area contributed by atoms with E-state index in [9.17, 15) is 39.8 Å². The number of likely N-dealkylation sites (N-methyl/N-ethyl adjacent to an activating group) is 1. The third-order valence-electron chi connectivity index (χ3n) is 11.1. The molecule has 0 radical (unpaired) electrons. The van der Waals surface area contributed by atoms with Crippen LogP contribution in [0.3, 0.4) is 0 Å². The number of nitrogens with one attached hydrogen (secondary N) is 3. The van der Waals surface area contributed by atoms with E-state index in [1.165, 1.54) is 38.4 Å². The maximum Gasteiger partial charge on any atom is 0.412 e. The van der Waals surface area contributed by atoms with Gasteiger partial charge in [-0.2, -0.15) is 5.26 Å². The number of hydrogen-bond donors (Lipinski definition) is 10. The highest BCUT2D eigenvalue weighted by Gasteiger charge is 2.81. The van der Waals surface area contributed by atoms with Crippen LogP contribution in [-0.2, 0) is 19.1 Å². The predicted molar refractivity (Wildman–Crippen MR) is 210 cm³/mol. The van der Waals surface area contributed by atoms with E-state index in [0.717, 1.165) is 10.3 Å². The van der Waals surface area contributed by atoms with Crippen LogP contribution in [0.5, 0.6) is 5.75 Å². The van der Waals surface area contributed by atoms with Crippen molar-refractivity contribution >= 4 is 63.2 Å². The highest BCUT2D eigenvalue weighted by molar-refractivity contribution is 6.26. The lowest BCUT2D eigenvalue weighted by atomic mass is 9.45. The number of urea groups is 1. The zero-order valence-corrected chi connectivity index (χ0v) is 30.8. The Hall–Kier alpha value is -7.30. The highest BCUT2D eigenvalue weighted by atomic mass is 16.6. The Balaban J connectivity index is 1.42. The van der Waals surface area contributed by atoms with Crippen molar-refractivity contribution in [3.8, 4) is 11.8 Å². The fraction of sp³-hybridized carbons (Fsp3) is 0.200. The highest BCUT2D eigenvalue weighted by Crippen LogP contribution is 2.61. The lowest BCUT2D eigenvalue weighted by Gasteiger charge is -2.62. The van der Waals surface area contributed by atoms with Gasteiger partial charge in [0.2, 0.25) is 5.41 Å². The number of benzene rings is 4. The first-order valence-electron chi connectivity index (χ1n) is 17.6. The van der Waals surface area contributed by atoms with Crippen LogP contribution in [0.25, 0.3) is 16.5 Å². The molecule has 0 aromatic heterocycles. The number of aromatic hydroxyl groups is 1. The first-order chi connectivity index (χ1) is 27.5. The molecular formula is C40H37N9O9.